The Morgan fingerprint density at radius 2 is 1.65 bits per heavy atom. The predicted octanol–water partition coefficient (Wildman–Crippen LogP) is 3.03. The van der Waals surface area contributed by atoms with Gasteiger partial charge in [-0.2, -0.15) is 0 Å². The van der Waals surface area contributed by atoms with Gasteiger partial charge < -0.3 is 5.32 Å². The summed E-state index contributed by atoms with van der Waals surface area (Å²) in [5, 5.41) is 3.66. The molecule has 0 aromatic heterocycles. The summed E-state index contributed by atoms with van der Waals surface area (Å²) in [6.45, 7) is 9.43. The first-order valence-electron chi connectivity index (χ1n) is 7.77. The number of nitrogens with zero attached hydrogens (tertiary/aromatic N) is 1. The van der Waals surface area contributed by atoms with E-state index in [0.29, 0.717) is 0 Å². The van der Waals surface area contributed by atoms with Gasteiger partial charge in [0, 0.05) is 24.7 Å². The van der Waals surface area contributed by atoms with Gasteiger partial charge in [-0.25, -0.2) is 0 Å². The van der Waals surface area contributed by atoms with Crippen LogP contribution in [-0.4, -0.2) is 36.1 Å². The molecule has 2 saturated heterocycles. The monoisotopic (exact) mass is 238 g/mol. The van der Waals surface area contributed by atoms with Gasteiger partial charge >= 0.3 is 0 Å². The maximum absolute atomic E-state index is 3.66. The van der Waals surface area contributed by atoms with Crippen molar-refractivity contribution in [3.63, 3.8) is 0 Å². The molecule has 0 aromatic carbocycles. The minimum absolute atomic E-state index is 0.801. The molecule has 2 bridgehead atoms. The third kappa shape index (κ3) is 3.03. The van der Waals surface area contributed by atoms with Crippen LogP contribution in [0.2, 0.25) is 0 Å². The Labute approximate surface area is 107 Å². The van der Waals surface area contributed by atoms with Crippen LogP contribution < -0.4 is 5.32 Å². The van der Waals surface area contributed by atoms with E-state index in [1.54, 1.807) is 0 Å². The molecule has 0 saturated carbocycles. The number of rotatable bonds is 6. The van der Waals surface area contributed by atoms with Crippen LogP contribution in [0.5, 0.6) is 0 Å². The van der Waals surface area contributed by atoms with E-state index in [1.165, 1.54) is 45.1 Å². The highest BCUT2D eigenvalue weighted by Gasteiger charge is 2.40. The normalized spacial score (nSPS) is 33.5. The summed E-state index contributed by atoms with van der Waals surface area (Å²) >= 11 is 0. The molecule has 2 rings (SSSR count). The van der Waals surface area contributed by atoms with Crippen molar-refractivity contribution in [2.75, 3.05) is 13.1 Å². The van der Waals surface area contributed by atoms with E-state index in [9.17, 15) is 0 Å². The standard InChI is InChI=1S/C15H30N2/c1-4-12(5-2)11-17-14-7-8-15(17)10-13(9-14)16-6-3/h12-16H,4-11H2,1-3H3. The van der Waals surface area contributed by atoms with Crippen molar-refractivity contribution in [2.45, 2.75) is 77.4 Å². The second kappa shape index (κ2) is 6.19. The molecule has 1 N–H and O–H groups in total. The lowest BCUT2D eigenvalue weighted by Crippen LogP contribution is -2.50. The molecule has 2 fully saturated rings. The van der Waals surface area contributed by atoms with E-state index < -0.39 is 0 Å². The zero-order chi connectivity index (χ0) is 12.3. The van der Waals surface area contributed by atoms with Crippen molar-refractivity contribution in [1.82, 2.24) is 10.2 Å². The number of fused-ring (bicyclic) bond motifs is 2. The van der Waals surface area contributed by atoms with E-state index in [2.05, 4.69) is 31.0 Å². The molecule has 0 aromatic rings. The molecule has 2 heterocycles. The highest BCUT2D eigenvalue weighted by molar-refractivity contribution is 4.97. The predicted molar refractivity (Wildman–Crippen MR) is 74.3 cm³/mol. The van der Waals surface area contributed by atoms with E-state index in [-0.39, 0.29) is 0 Å². The van der Waals surface area contributed by atoms with Crippen molar-refractivity contribution in [2.24, 2.45) is 5.92 Å². The van der Waals surface area contributed by atoms with E-state index in [4.69, 9.17) is 0 Å². The van der Waals surface area contributed by atoms with Gasteiger partial charge in [0.2, 0.25) is 0 Å². The Bertz CT molecular complexity index is 211. The molecule has 2 aliphatic rings. The highest BCUT2D eigenvalue weighted by atomic mass is 15.2. The van der Waals surface area contributed by atoms with Gasteiger partial charge in [-0.15, -0.1) is 0 Å². The molecular formula is C15H30N2. The van der Waals surface area contributed by atoms with Crippen LogP contribution in [-0.2, 0) is 0 Å². The second-order valence-electron chi connectivity index (χ2n) is 5.99. The smallest absolute Gasteiger partial charge is 0.0114 e. The Morgan fingerprint density at radius 1 is 1.06 bits per heavy atom. The molecule has 0 spiro atoms. The second-order valence-corrected chi connectivity index (χ2v) is 5.99. The van der Waals surface area contributed by atoms with Crippen LogP contribution in [0.15, 0.2) is 0 Å². The van der Waals surface area contributed by atoms with E-state index in [1.807, 2.05) is 0 Å². The lowest BCUT2D eigenvalue weighted by Gasteiger charge is -2.40. The summed E-state index contributed by atoms with van der Waals surface area (Å²) < 4.78 is 0. The van der Waals surface area contributed by atoms with Crippen molar-refractivity contribution in [1.29, 1.82) is 0 Å². The summed E-state index contributed by atoms with van der Waals surface area (Å²) in [4.78, 5) is 2.85. The molecule has 17 heavy (non-hydrogen) atoms. The summed E-state index contributed by atoms with van der Waals surface area (Å²) in [7, 11) is 0. The molecule has 100 valence electrons. The molecule has 0 amide bonds. The average Bonchev–Trinajstić information content (AvgIpc) is 2.58. The molecule has 2 nitrogen and oxygen atoms in total. The summed E-state index contributed by atoms with van der Waals surface area (Å²) in [5.74, 6) is 0.925. The highest BCUT2D eigenvalue weighted by Crippen LogP contribution is 2.36. The first kappa shape index (κ1) is 13.4. The van der Waals surface area contributed by atoms with Gasteiger partial charge in [-0.1, -0.05) is 33.6 Å². The molecule has 2 aliphatic heterocycles. The minimum atomic E-state index is 0.801. The SMILES string of the molecule is CCNC1CC2CCC(C1)N2CC(CC)CC. The van der Waals surface area contributed by atoms with Crippen LogP contribution in [0, 0.1) is 5.92 Å². The lowest BCUT2D eigenvalue weighted by molar-refractivity contribution is 0.0960. The topological polar surface area (TPSA) is 15.3 Å². The largest absolute Gasteiger partial charge is 0.314 e. The summed E-state index contributed by atoms with van der Waals surface area (Å²) in [6, 6.07) is 2.58. The lowest BCUT2D eigenvalue weighted by atomic mass is 9.94. The van der Waals surface area contributed by atoms with E-state index >= 15 is 0 Å². The van der Waals surface area contributed by atoms with Gasteiger partial charge in [0.1, 0.15) is 0 Å². The summed E-state index contributed by atoms with van der Waals surface area (Å²) in [5.41, 5.74) is 0. The Kier molecular flexibility index (Phi) is 4.87. The van der Waals surface area contributed by atoms with Gasteiger partial charge in [0.15, 0.2) is 0 Å². The number of piperidine rings is 1. The Balaban J connectivity index is 1.89. The fourth-order valence-electron chi connectivity index (χ4n) is 3.87. The van der Waals surface area contributed by atoms with E-state index in [0.717, 1.165) is 30.6 Å². The van der Waals surface area contributed by atoms with Gasteiger partial charge in [0.05, 0.1) is 0 Å². The Morgan fingerprint density at radius 3 is 2.12 bits per heavy atom. The minimum Gasteiger partial charge on any atom is -0.314 e. The molecule has 2 atom stereocenters. The van der Waals surface area contributed by atoms with Crippen LogP contribution in [0.3, 0.4) is 0 Å². The van der Waals surface area contributed by atoms with Crippen molar-refractivity contribution in [3.8, 4) is 0 Å². The third-order valence-corrected chi connectivity index (χ3v) is 5.00. The Hall–Kier alpha value is -0.0800. The van der Waals surface area contributed by atoms with Crippen molar-refractivity contribution >= 4 is 0 Å². The van der Waals surface area contributed by atoms with Crippen LogP contribution >= 0.6 is 0 Å². The maximum atomic E-state index is 3.66. The van der Waals surface area contributed by atoms with Crippen molar-refractivity contribution in [3.05, 3.63) is 0 Å². The molecule has 2 heteroatoms. The number of hydrogen-bond donors (Lipinski definition) is 1. The number of nitrogens with one attached hydrogen (secondary N) is 1. The van der Waals surface area contributed by atoms with Crippen LogP contribution in [0.1, 0.15) is 59.3 Å². The van der Waals surface area contributed by atoms with Crippen LogP contribution in [0.25, 0.3) is 0 Å². The number of hydrogen-bond acceptors (Lipinski definition) is 2. The zero-order valence-corrected chi connectivity index (χ0v) is 11.9. The molecule has 2 unspecified atom stereocenters. The first-order valence-corrected chi connectivity index (χ1v) is 7.77. The maximum Gasteiger partial charge on any atom is 0.0114 e. The van der Waals surface area contributed by atoms with Crippen molar-refractivity contribution < 1.29 is 0 Å². The van der Waals surface area contributed by atoms with Gasteiger partial charge in [0.25, 0.3) is 0 Å². The van der Waals surface area contributed by atoms with Gasteiger partial charge in [-0.3, -0.25) is 4.90 Å². The zero-order valence-electron chi connectivity index (χ0n) is 11.9. The van der Waals surface area contributed by atoms with Crippen LogP contribution in [0.4, 0.5) is 0 Å². The fourth-order valence-corrected chi connectivity index (χ4v) is 3.87. The average molecular weight is 238 g/mol. The van der Waals surface area contributed by atoms with Gasteiger partial charge in [-0.05, 0) is 38.1 Å². The molecule has 0 aliphatic carbocycles. The molecular weight excluding hydrogens is 208 g/mol. The summed E-state index contributed by atoms with van der Waals surface area (Å²) in [6.07, 6.45) is 8.39. The first-order chi connectivity index (χ1) is 8.28. The third-order valence-electron chi connectivity index (χ3n) is 5.00. The quantitative estimate of drug-likeness (QED) is 0.765. The molecule has 0 radical (unpaired) electrons. The fraction of sp³-hybridized carbons (Fsp3) is 1.00.